The first kappa shape index (κ1) is 14.9. The van der Waals surface area contributed by atoms with E-state index in [1.54, 1.807) is 0 Å². The fourth-order valence-corrected chi connectivity index (χ4v) is 2.56. The maximum Gasteiger partial charge on any atom is 0.304 e. The molecule has 4 nitrogen and oxygen atoms in total. The van der Waals surface area contributed by atoms with E-state index in [0.29, 0.717) is 19.0 Å². The number of carboxylic acid groups (broad SMARTS) is 1. The highest BCUT2D eigenvalue weighted by Gasteiger charge is 2.15. The molecule has 0 atom stereocenters. The summed E-state index contributed by atoms with van der Waals surface area (Å²) >= 11 is 0. The lowest BCUT2D eigenvalue weighted by molar-refractivity contribution is -0.136. The fraction of sp³-hybridized carbons (Fsp3) is 0.562. The average molecular weight is 277 g/mol. The Morgan fingerprint density at radius 2 is 2.15 bits per heavy atom. The van der Waals surface area contributed by atoms with Crippen LogP contribution >= 0.6 is 0 Å². The SMILES string of the molecule is O=C(O)CCNCc1cccc(OCC2CCCC2)c1. The molecule has 2 rings (SSSR count). The summed E-state index contributed by atoms with van der Waals surface area (Å²) in [5.41, 5.74) is 1.12. The standard InChI is InChI=1S/C16H23NO3/c18-16(19)8-9-17-11-14-6-3-7-15(10-14)20-12-13-4-1-2-5-13/h3,6-7,10,13,17H,1-2,4-5,8-9,11-12H2,(H,18,19). The third kappa shape index (κ3) is 5.21. The molecule has 20 heavy (non-hydrogen) atoms. The molecule has 1 aromatic rings. The van der Waals surface area contributed by atoms with Crippen molar-refractivity contribution in [1.82, 2.24) is 5.32 Å². The largest absolute Gasteiger partial charge is 0.493 e. The van der Waals surface area contributed by atoms with Crippen molar-refractivity contribution in [2.75, 3.05) is 13.2 Å². The number of benzene rings is 1. The van der Waals surface area contributed by atoms with E-state index >= 15 is 0 Å². The third-order valence-corrected chi connectivity index (χ3v) is 3.70. The van der Waals surface area contributed by atoms with Crippen LogP contribution in [-0.4, -0.2) is 24.2 Å². The number of nitrogens with one attached hydrogen (secondary N) is 1. The molecular weight excluding hydrogens is 254 g/mol. The first-order valence-corrected chi connectivity index (χ1v) is 7.38. The summed E-state index contributed by atoms with van der Waals surface area (Å²) in [5.74, 6) is 0.855. The van der Waals surface area contributed by atoms with Gasteiger partial charge in [0.05, 0.1) is 13.0 Å². The van der Waals surface area contributed by atoms with Gasteiger partial charge in [0.25, 0.3) is 0 Å². The second-order valence-corrected chi connectivity index (χ2v) is 5.43. The van der Waals surface area contributed by atoms with Crippen LogP contribution in [0.25, 0.3) is 0 Å². The zero-order valence-electron chi connectivity index (χ0n) is 11.8. The van der Waals surface area contributed by atoms with Gasteiger partial charge in [0.1, 0.15) is 5.75 Å². The molecule has 0 spiro atoms. The number of carbonyl (C=O) groups is 1. The zero-order chi connectivity index (χ0) is 14.2. The molecule has 0 aromatic heterocycles. The monoisotopic (exact) mass is 277 g/mol. The second-order valence-electron chi connectivity index (χ2n) is 5.43. The van der Waals surface area contributed by atoms with Crippen LogP contribution in [0, 0.1) is 5.92 Å². The van der Waals surface area contributed by atoms with Crippen molar-refractivity contribution in [3.63, 3.8) is 0 Å². The van der Waals surface area contributed by atoms with Crippen LogP contribution in [0.15, 0.2) is 24.3 Å². The lowest BCUT2D eigenvalue weighted by Gasteiger charge is -2.12. The van der Waals surface area contributed by atoms with E-state index in [-0.39, 0.29) is 6.42 Å². The Bertz CT molecular complexity index is 427. The Labute approximate surface area is 120 Å². The van der Waals surface area contributed by atoms with E-state index in [9.17, 15) is 4.79 Å². The van der Waals surface area contributed by atoms with Crippen molar-refractivity contribution < 1.29 is 14.6 Å². The van der Waals surface area contributed by atoms with Crippen molar-refractivity contribution in [2.45, 2.75) is 38.6 Å². The molecule has 1 saturated carbocycles. The molecule has 0 radical (unpaired) electrons. The van der Waals surface area contributed by atoms with Gasteiger partial charge in [-0.2, -0.15) is 0 Å². The minimum absolute atomic E-state index is 0.151. The van der Waals surface area contributed by atoms with Gasteiger partial charge in [-0.1, -0.05) is 25.0 Å². The van der Waals surface area contributed by atoms with Crippen LogP contribution in [-0.2, 0) is 11.3 Å². The number of ether oxygens (including phenoxy) is 1. The summed E-state index contributed by atoms with van der Waals surface area (Å²) in [5, 5.41) is 11.7. The maximum absolute atomic E-state index is 10.4. The van der Waals surface area contributed by atoms with Gasteiger partial charge in [-0.15, -0.1) is 0 Å². The minimum atomic E-state index is -0.772. The van der Waals surface area contributed by atoms with E-state index in [1.165, 1.54) is 25.7 Å². The Morgan fingerprint density at radius 3 is 2.90 bits per heavy atom. The van der Waals surface area contributed by atoms with Crippen molar-refractivity contribution in [1.29, 1.82) is 0 Å². The van der Waals surface area contributed by atoms with Gasteiger partial charge in [-0.25, -0.2) is 0 Å². The molecule has 110 valence electrons. The molecule has 2 N–H and O–H groups in total. The van der Waals surface area contributed by atoms with Crippen molar-refractivity contribution in [3.8, 4) is 5.75 Å². The summed E-state index contributed by atoms with van der Waals surface area (Å²) in [6.07, 6.45) is 5.40. The van der Waals surface area contributed by atoms with Crippen LogP contribution in [0.4, 0.5) is 0 Å². The smallest absolute Gasteiger partial charge is 0.304 e. The Morgan fingerprint density at radius 1 is 1.35 bits per heavy atom. The quantitative estimate of drug-likeness (QED) is 0.717. The first-order valence-electron chi connectivity index (χ1n) is 7.38. The Hall–Kier alpha value is -1.55. The number of hydrogen-bond donors (Lipinski definition) is 2. The molecule has 0 aliphatic heterocycles. The lowest BCUT2D eigenvalue weighted by atomic mass is 10.1. The summed E-state index contributed by atoms with van der Waals surface area (Å²) < 4.78 is 5.85. The Kier molecular flexibility index (Phi) is 5.87. The van der Waals surface area contributed by atoms with Crippen LogP contribution in [0.2, 0.25) is 0 Å². The molecule has 4 heteroatoms. The van der Waals surface area contributed by atoms with Crippen molar-refractivity contribution in [2.24, 2.45) is 5.92 Å². The molecule has 0 amide bonds. The van der Waals surface area contributed by atoms with Crippen LogP contribution < -0.4 is 10.1 Å². The molecule has 0 heterocycles. The van der Waals surface area contributed by atoms with E-state index in [1.807, 2.05) is 24.3 Å². The molecule has 0 saturated heterocycles. The highest BCUT2D eigenvalue weighted by atomic mass is 16.5. The third-order valence-electron chi connectivity index (χ3n) is 3.70. The normalized spacial score (nSPS) is 15.4. The summed E-state index contributed by atoms with van der Waals surface area (Å²) in [6.45, 7) is 1.98. The van der Waals surface area contributed by atoms with E-state index in [2.05, 4.69) is 5.32 Å². The zero-order valence-corrected chi connectivity index (χ0v) is 11.8. The van der Waals surface area contributed by atoms with Gasteiger partial charge >= 0.3 is 5.97 Å². The van der Waals surface area contributed by atoms with Crippen LogP contribution in [0.5, 0.6) is 5.75 Å². The molecule has 1 aliphatic carbocycles. The second kappa shape index (κ2) is 7.90. The summed E-state index contributed by atoms with van der Waals surface area (Å²) in [6, 6.07) is 8.02. The maximum atomic E-state index is 10.4. The number of aliphatic carboxylic acids is 1. The highest BCUT2D eigenvalue weighted by Crippen LogP contribution is 2.25. The summed E-state index contributed by atoms with van der Waals surface area (Å²) in [7, 11) is 0. The molecule has 1 aliphatic rings. The van der Waals surface area contributed by atoms with Crippen LogP contribution in [0.3, 0.4) is 0 Å². The number of rotatable bonds is 8. The summed E-state index contributed by atoms with van der Waals surface area (Å²) in [4.78, 5) is 10.4. The van der Waals surface area contributed by atoms with Gasteiger partial charge in [0.15, 0.2) is 0 Å². The van der Waals surface area contributed by atoms with Crippen LogP contribution in [0.1, 0.15) is 37.7 Å². The van der Waals surface area contributed by atoms with E-state index < -0.39 is 5.97 Å². The molecule has 0 unspecified atom stereocenters. The fourth-order valence-electron chi connectivity index (χ4n) is 2.56. The Balaban J connectivity index is 1.73. The average Bonchev–Trinajstić information content (AvgIpc) is 2.95. The van der Waals surface area contributed by atoms with Crippen molar-refractivity contribution >= 4 is 5.97 Å². The molecular formula is C16H23NO3. The highest BCUT2D eigenvalue weighted by molar-refractivity contribution is 5.66. The van der Waals surface area contributed by atoms with E-state index in [0.717, 1.165) is 17.9 Å². The van der Waals surface area contributed by atoms with Gasteiger partial charge < -0.3 is 15.2 Å². The van der Waals surface area contributed by atoms with Gasteiger partial charge in [-0.3, -0.25) is 4.79 Å². The minimum Gasteiger partial charge on any atom is -0.493 e. The lowest BCUT2D eigenvalue weighted by Crippen LogP contribution is -2.17. The molecule has 1 aromatic carbocycles. The van der Waals surface area contributed by atoms with Crippen molar-refractivity contribution in [3.05, 3.63) is 29.8 Å². The molecule has 1 fully saturated rings. The van der Waals surface area contributed by atoms with Gasteiger partial charge in [-0.05, 0) is 36.5 Å². The van der Waals surface area contributed by atoms with Gasteiger partial charge in [0, 0.05) is 13.1 Å². The predicted octanol–water partition coefficient (Wildman–Crippen LogP) is 2.82. The number of carboxylic acids is 1. The van der Waals surface area contributed by atoms with E-state index in [4.69, 9.17) is 9.84 Å². The predicted molar refractivity (Wildman–Crippen MR) is 77.9 cm³/mol. The molecule has 0 bridgehead atoms. The van der Waals surface area contributed by atoms with Gasteiger partial charge in [0.2, 0.25) is 0 Å². The number of hydrogen-bond acceptors (Lipinski definition) is 3. The topological polar surface area (TPSA) is 58.6 Å². The first-order chi connectivity index (χ1) is 9.74.